The molecule has 0 N–H and O–H groups in total. The zero-order chi connectivity index (χ0) is 22.0. The monoisotopic (exact) mass is 457 g/mol. The second-order valence-corrected chi connectivity index (χ2v) is 10.0. The molecular formula is C22H20ClN3O4S. The van der Waals surface area contributed by atoms with E-state index in [0.717, 1.165) is 10.2 Å². The van der Waals surface area contributed by atoms with Gasteiger partial charge in [0.05, 0.1) is 23.2 Å². The molecule has 1 amide bonds. The third-order valence-electron chi connectivity index (χ3n) is 5.17. The Labute approximate surface area is 184 Å². The summed E-state index contributed by atoms with van der Waals surface area (Å²) in [7, 11) is -3.20. The number of nitrogens with zero attached hydrogens (tertiary/aromatic N) is 3. The molecule has 3 aromatic rings. The summed E-state index contributed by atoms with van der Waals surface area (Å²) in [6.07, 6.45) is 0.357. The van der Waals surface area contributed by atoms with Crippen LogP contribution in [0, 0.1) is 0 Å². The van der Waals surface area contributed by atoms with Crippen molar-refractivity contribution in [1.82, 2.24) is 9.78 Å². The number of carbonyl (C=O) groups is 1. The molecule has 2 heterocycles. The Kier molecular flexibility index (Phi) is 5.93. The number of amides is 1. The molecule has 31 heavy (non-hydrogen) atoms. The molecule has 160 valence electrons. The Bertz CT molecular complexity index is 1260. The molecule has 0 bridgehead atoms. The van der Waals surface area contributed by atoms with Crippen LogP contribution in [0.15, 0.2) is 71.5 Å². The van der Waals surface area contributed by atoms with Crippen LogP contribution in [0.3, 0.4) is 0 Å². The van der Waals surface area contributed by atoms with Gasteiger partial charge in [0, 0.05) is 22.3 Å². The van der Waals surface area contributed by atoms with Crippen LogP contribution in [0.5, 0.6) is 0 Å². The topological polar surface area (TPSA) is 89.3 Å². The molecular weight excluding hydrogens is 438 g/mol. The Morgan fingerprint density at radius 3 is 2.42 bits per heavy atom. The highest BCUT2D eigenvalue weighted by Gasteiger charge is 2.35. The molecule has 1 aromatic heterocycles. The van der Waals surface area contributed by atoms with Gasteiger partial charge in [-0.3, -0.25) is 9.59 Å². The predicted molar refractivity (Wildman–Crippen MR) is 120 cm³/mol. The van der Waals surface area contributed by atoms with Crippen molar-refractivity contribution in [3.63, 3.8) is 0 Å². The van der Waals surface area contributed by atoms with Crippen LogP contribution in [0.2, 0.25) is 5.02 Å². The van der Waals surface area contributed by atoms with Crippen LogP contribution in [0.4, 0.5) is 5.69 Å². The summed E-state index contributed by atoms with van der Waals surface area (Å²) >= 11 is 5.93. The fourth-order valence-electron chi connectivity index (χ4n) is 3.67. The summed E-state index contributed by atoms with van der Waals surface area (Å²) in [5.74, 6) is -0.449. The molecule has 2 aromatic carbocycles. The minimum Gasteiger partial charge on any atom is -0.307 e. The third-order valence-corrected chi connectivity index (χ3v) is 7.17. The van der Waals surface area contributed by atoms with E-state index in [4.69, 9.17) is 11.6 Å². The first-order valence-corrected chi connectivity index (χ1v) is 11.9. The number of para-hydroxylation sites is 1. The Morgan fingerprint density at radius 1 is 1.06 bits per heavy atom. The average Bonchev–Trinajstić information content (AvgIpc) is 3.10. The minimum absolute atomic E-state index is 0.0402. The fraction of sp³-hybridized carbons (Fsp3) is 0.227. The van der Waals surface area contributed by atoms with Gasteiger partial charge in [-0.25, -0.2) is 13.1 Å². The SMILES string of the molecule is O=C(Cn1nc(-c2ccc(Cl)cc2)ccc1=O)N(c1ccccc1)[C@@H]1CCS(=O)(=O)C1. The summed E-state index contributed by atoms with van der Waals surface area (Å²) in [5.41, 5.74) is 1.46. The van der Waals surface area contributed by atoms with E-state index >= 15 is 0 Å². The lowest BCUT2D eigenvalue weighted by atomic mass is 10.1. The maximum atomic E-state index is 13.3. The first-order valence-electron chi connectivity index (χ1n) is 9.74. The van der Waals surface area contributed by atoms with Gasteiger partial charge in [0.1, 0.15) is 6.54 Å². The molecule has 9 heteroatoms. The molecule has 0 aliphatic carbocycles. The largest absolute Gasteiger partial charge is 0.307 e. The normalized spacial score (nSPS) is 17.4. The van der Waals surface area contributed by atoms with Gasteiger partial charge in [-0.15, -0.1) is 0 Å². The summed E-state index contributed by atoms with van der Waals surface area (Å²) < 4.78 is 25.1. The van der Waals surface area contributed by atoms with E-state index in [1.54, 1.807) is 54.6 Å². The number of benzene rings is 2. The zero-order valence-electron chi connectivity index (χ0n) is 16.5. The van der Waals surface area contributed by atoms with E-state index in [2.05, 4.69) is 5.10 Å². The average molecular weight is 458 g/mol. The molecule has 0 spiro atoms. The smallest absolute Gasteiger partial charge is 0.267 e. The Balaban J connectivity index is 1.65. The lowest BCUT2D eigenvalue weighted by molar-refractivity contribution is -0.119. The standard InChI is InChI=1S/C22H20ClN3O4S/c23-17-8-6-16(7-9-17)20-10-11-21(27)25(24-20)14-22(28)26(18-4-2-1-3-5-18)19-12-13-31(29,30)15-19/h1-11,19H,12-15H2/t19-/m1/s1. The van der Waals surface area contributed by atoms with Crippen molar-refractivity contribution in [2.24, 2.45) is 0 Å². The van der Waals surface area contributed by atoms with E-state index < -0.39 is 27.3 Å². The van der Waals surface area contributed by atoms with Crippen molar-refractivity contribution < 1.29 is 13.2 Å². The number of rotatable bonds is 5. The minimum atomic E-state index is -3.20. The molecule has 0 radical (unpaired) electrons. The highest BCUT2D eigenvalue weighted by Crippen LogP contribution is 2.25. The van der Waals surface area contributed by atoms with Gasteiger partial charge in [-0.2, -0.15) is 5.10 Å². The van der Waals surface area contributed by atoms with Gasteiger partial charge in [0.25, 0.3) is 5.56 Å². The molecule has 0 unspecified atom stereocenters. The zero-order valence-corrected chi connectivity index (χ0v) is 18.1. The molecule has 0 saturated carbocycles. The van der Waals surface area contributed by atoms with Crippen molar-refractivity contribution in [3.05, 3.63) is 82.1 Å². The Morgan fingerprint density at radius 2 is 1.77 bits per heavy atom. The molecule has 1 aliphatic rings. The molecule has 7 nitrogen and oxygen atoms in total. The van der Waals surface area contributed by atoms with Crippen LogP contribution >= 0.6 is 11.6 Å². The van der Waals surface area contributed by atoms with Crippen LogP contribution < -0.4 is 10.5 Å². The van der Waals surface area contributed by atoms with Crippen molar-refractivity contribution >= 4 is 33.0 Å². The summed E-state index contributed by atoms with van der Waals surface area (Å²) in [4.78, 5) is 27.1. The second kappa shape index (κ2) is 8.64. The highest BCUT2D eigenvalue weighted by molar-refractivity contribution is 7.91. The van der Waals surface area contributed by atoms with E-state index in [0.29, 0.717) is 22.8 Å². The summed E-state index contributed by atoms with van der Waals surface area (Å²) in [5, 5.41) is 4.92. The maximum absolute atomic E-state index is 13.3. The first kappa shape index (κ1) is 21.3. The number of hydrogen-bond acceptors (Lipinski definition) is 5. The van der Waals surface area contributed by atoms with Gasteiger partial charge in [-0.05, 0) is 36.8 Å². The fourth-order valence-corrected chi connectivity index (χ4v) is 5.49. The van der Waals surface area contributed by atoms with Gasteiger partial charge in [0.15, 0.2) is 9.84 Å². The molecule has 4 rings (SSSR count). The van der Waals surface area contributed by atoms with Gasteiger partial charge < -0.3 is 4.90 Å². The van der Waals surface area contributed by atoms with Gasteiger partial charge in [0.2, 0.25) is 5.91 Å². The van der Waals surface area contributed by atoms with Crippen molar-refractivity contribution in [3.8, 4) is 11.3 Å². The maximum Gasteiger partial charge on any atom is 0.267 e. The van der Waals surface area contributed by atoms with Gasteiger partial charge >= 0.3 is 0 Å². The first-order chi connectivity index (χ1) is 14.8. The molecule has 1 atom stereocenters. The number of carbonyl (C=O) groups excluding carboxylic acids is 1. The number of halogens is 1. The number of hydrogen-bond donors (Lipinski definition) is 0. The van der Waals surface area contributed by atoms with Crippen molar-refractivity contribution in [2.45, 2.75) is 19.0 Å². The van der Waals surface area contributed by atoms with Gasteiger partial charge in [-0.1, -0.05) is 41.9 Å². The summed E-state index contributed by atoms with van der Waals surface area (Å²) in [6.45, 7) is -0.300. The lowest BCUT2D eigenvalue weighted by Crippen LogP contribution is -2.44. The number of aromatic nitrogens is 2. The van der Waals surface area contributed by atoms with E-state index in [1.807, 2.05) is 6.07 Å². The molecule has 1 fully saturated rings. The highest BCUT2D eigenvalue weighted by atomic mass is 35.5. The van der Waals surface area contributed by atoms with E-state index in [9.17, 15) is 18.0 Å². The number of anilines is 1. The molecule has 1 saturated heterocycles. The predicted octanol–water partition coefficient (Wildman–Crippen LogP) is 2.78. The third kappa shape index (κ3) is 4.86. The van der Waals surface area contributed by atoms with Crippen LogP contribution in [-0.4, -0.2) is 41.7 Å². The van der Waals surface area contributed by atoms with E-state index in [-0.39, 0.29) is 18.1 Å². The summed E-state index contributed by atoms with van der Waals surface area (Å²) in [6, 6.07) is 18.4. The lowest BCUT2D eigenvalue weighted by Gasteiger charge is -2.28. The quantitative estimate of drug-likeness (QED) is 0.587. The van der Waals surface area contributed by atoms with Crippen molar-refractivity contribution in [2.75, 3.05) is 16.4 Å². The Hall–Kier alpha value is -2.97. The second-order valence-electron chi connectivity index (χ2n) is 7.38. The van der Waals surface area contributed by atoms with Crippen LogP contribution in [0.25, 0.3) is 11.3 Å². The van der Waals surface area contributed by atoms with Crippen LogP contribution in [-0.2, 0) is 21.2 Å². The molecule has 1 aliphatic heterocycles. The van der Waals surface area contributed by atoms with Crippen LogP contribution in [0.1, 0.15) is 6.42 Å². The van der Waals surface area contributed by atoms with Crippen molar-refractivity contribution in [1.29, 1.82) is 0 Å². The number of sulfone groups is 1. The van der Waals surface area contributed by atoms with E-state index in [1.165, 1.54) is 11.0 Å².